The average molecular weight is 216 g/mol. The van der Waals surface area contributed by atoms with Crippen molar-refractivity contribution in [2.45, 2.75) is 0 Å². The minimum absolute atomic E-state index is 0.478. The second-order valence-electron chi connectivity index (χ2n) is 2.45. The summed E-state index contributed by atoms with van der Waals surface area (Å²) >= 11 is 5.79. The van der Waals surface area contributed by atoms with E-state index in [2.05, 4.69) is 5.32 Å². The Labute approximate surface area is 86.1 Å². The van der Waals surface area contributed by atoms with Crippen LogP contribution < -0.4 is 21.3 Å². The van der Waals surface area contributed by atoms with Gasteiger partial charge in [0.15, 0.2) is 0 Å². The fourth-order valence-electron chi connectivity index (χ4n) is 0.905. The van der Waals surface area contributed by atoms with Crippen LogP contribution >= 0.6 is 11.6 Å². The van der Waals surface area contributed by atoms with Crippen LogP contribution in [0.3, 0.4) is 0 Å². The fourth-order valence-corrected chi connectivity index (χ4v) is 1.10. The zero-order valence-electron chi connectivity index (χ0n) is 7.50. The number of halogens is 1. The van der Waals surface area contributed by atoms with Crippen LogP contribution in [0.5, 0.6) is 5.75 Å². The number of hydrogen-bond donors (Lipinski definition) is 3. The Bertz CT molecular complexity index is 343. The van der Waals surface area contributed by atoms with Crippen molar-refractivity contribution in [3.63, 3.8) is 0 Å². The number of nitrogens with two attached hydrogens (primary N) is 1. The highest BCUT2D eigenvalue weighted by atomic mass is 35.5. The van der Waals surface area contributed by atoms with Gasteiger partial charge in [0.2, 0.25) is 0 Å². The number of anilines is 1. The van der Waals surface area contributed by atoms with E-state index in [1.807, 2.05) is 5.43 Å². The summed E-state index contributed by atoms with van der Waals surface area (Å²) in [6.07, 6.45) is 0. The lowest BCUT2D eigenvalue weighted by Crippen LogP contribution is -2.34. The maximum atomic E-state index is 10.8. The number of carbonyl (C=O) groups excluding carboxylic acids is 1. The van der Waals surface area contributed by atoms with E-state index in [0.29, 0.717) is 16.5 Å². The number of hydrazine groups is 1. The highest BCUT2D eigenvalue weighted by Crippen LogP contribution is 2.27. The standard InChI is InChI=1S/C8H10ClN3O2/c1-14-7-4-5(2-3-6(7)9)11-8(13)12-10/h2-4H,10H2,1H3,(H2,11,12,13). The minimum atomic E-state index is -0.505. The van der Waals surface area contributed by atoms with E-state index in [4.69, 9.17) is 22.2 Å². The van der Waals surface area contributed by atoms with Crippen molar-refractivity contribution in [3.8, 4) is 5.75 Å². The largest absolute Gasteiger partial charge is 0.495 e. The molecule has 0 aliphatic carbocycles. The molecule has 0 bridgehead atoms. The van der Waals surface area contributed by atoms with Gasteiger partial charge in [-0.15, -0.1) is 0 Å². The van der Waals surface area contributed by atoms with E-state index >= 15 is 0 Å². The van der Waals surface area contributed by atoms with Crippen LogP contribution in [0.2, 0.25) is 5.02 Å². The van der Waals surface area contributed by atoms with Gasteiger partial charge in [0.1, 0.15) is 5.75 Å². The Morgan fingerprint density at radius 3 is 2.86 bits per heavy atom. The molecule has 0 aliphatic heterocycles. The number of hydrogen-bond acceptors (Lipinski definition) is 3. The summed E-state index contributed by atoms with van der Waals surface area (Å²) in [6.45, 7) is 0. The summed E-state index contributed by atoms with van der Waals surface area (Å²) in [5.74, 6) is 5.39. The summed E-state index contributed by atoms with van der Waals surface area (Å²) in [5, 5.41) is 2.96. The molecule has 1 aromatic rings. The second-order valence-corrected chi connectivity index (χ2v) is 2.85. The van der Waals surface area contributed by atoms with Gasteiger partial charge in [-0.05, 0) is 12.1 Å². The number of methoxy groups -OCH3 is 1. The van der Waals surface area contributed by atoms with Gasteiger partial charge in [-0.3, -0.25) is 5.43 Å². The van der Waals surface area contributed by atoms with Crippen molar-refractivity contribution in [1.29, 1.82) is 0 Å². The lowest BCUT2D eigenvalue weighted by atomic mass is 10.3. The van der Waals surface area contributed by atoms with Gasteiger partial charge in [-0.2, -0.15) is 0 Å². The molecule has 0 unspecified atom stereocenters. The number of carbonyl (C=O) groups is 1. The first-order chi connectivity index (χ1) is 6.67. The molecule has 4 N–H and O–H groups in total. The van der Waals surface area contributed by atoms with Gasteiger partial charge in [-0.1, -0.05) is 11.6 Å². The third-order valence-electron chi connectivity index (χ3n) is 1.54. The molecule has 0 atom stereocenters. The Morgan fingerprint density at radius 2 is 2.29 bits per heavy atom. The summed E-state index contributed by atoms with van der Waals surface area (Å²) in [4.78, 5) is 10.8. The van der Waals surface area contributed by atoms with E-state index < -0.39 is 6.03 Å². The van der Waals surface area contributed by atoms with Gasteiger partial charge in [-0.25, -0.2) is 10.6 Å². The molecule has 0 saturated heterocycles. The van der Waals surface area contributed by atoms with Gasteiger partial charge in [0.05, 0.1) is 12.1 Å². The minimum Gasteiger partial charge on any atom is -0.495 e. The van der Waals surface area contributed by atoms with E-state index in [9.17, 15) is 4.79 Å². The summed E-state index contributed by atoms with van der Waals surface area (Å²) in [7, 11) is 1.49. The zero-order valence-corrected chi connectivity index (χ0v) is 8.26. The maximum absolute atomic E-state index is 10.8. The van der Waals surface area contributed by atoms with Crippen LogP contribution in [-0.2, 0) is 0 Å². The number of rotatable bonds is 2. The predicted octanol–water partition coefficient (Wildman–Crippen LogP) is 1.34. The molecule has 1 rings (SSSR count). The molecule has 0 heterocycles. The van der Waals surface area contributed by atoms with Crippen LogP contribution in [0, 0.1) is 0 Å². The Balaban J connectivity index is 2.84. The zero-order chi connectivity index (χ0) is 10.6. The van der Waals surface area contributed by atoms with Crippen molar-refractivity contribution in [3.05, 3.63) is 23.2 Å². The maximum Gasteiger partial charge on any atom is 0.333 e. The number of nitrogens with one attached hydrogen (secondary N) is 2. The first-order valence-corrected chi connectivity index (χ1v) is 4.16. The Morgan fingerprint density at radius 1 is 1.57 bits per heavy atom. The first-order valence-electron chi connectivity index (χ1n) is 3.78. The fraction of sp³-hybridized carbons (Fsp3) is 0.125. The molecule has 1 aromatic carbocycles. The van der Waals surface area contributed by atoms with E-state index in [0.717, 1.165) is 0 Å². The first kappa shape index (κ1) is 10.6. The van der Waals surface area contributed by atoms with Gasteiger partial charge in [0.25, 0.3) is 0 Å². The molecule has 2 amide bonds. The molecule has 76 valence electrons. The number of amides is 2. The highest BCUT2D eigenvalue weighted by molar-refractivity contribution is 6.32. The molecule has 0 aliphatic rings. The SMILES string of the molecule is COc1cc(NC(=O)NN)ccc1Cl. The topological polar surface area (TPSA) is 76.4 Å². The highest BCUT2D eigenvalue weighted by Gasteiger charge is 2.03. The van der Waals surface area contributed by atoms with Gasteiger partial charge >= 0.3 is 6.03 Å². The smallest absolute Gasteiger partial charge is 0.333 e. The molecular formula is C8H10ClN3O2. The second kappa shape index (κ2) is 4.69. The third kappa shape index (κ3) is 2.51. The lowest BCUT2D eigenvalue weighted by molar-refractivity contribution is 0.252. The van der Waals surface area contributed by atoms with Crippen molar-refractivity contribution in [2.24, 2.45) is 5.84 Å². The van der Waals surface area contributed by atoms with Crippen LogP contribution in [0.15, 0.2) is 18.2 Å². The predicted molar refractivity (Wildman–Crippen MR) is 54.3 cm³/mol. The van der Waals surface area contributed by atoms with Crippen molar-refractivity contribution in [1.82, 2.24) is 5.43 Å². The van der Waals surface area contributed by atoms with Crippen LogP contribution in [-0.4, -0.2) is 13.1 Å². The molecule has 0 saturated carbocycles. The third-order valence-corrected chi connectivity index (χ3v) is 1.85. The molecule has 6 heteroatoms. The molecule has 14 heavy (non-hydrogen) atoms. The molecule has 0 radical (unpaired) electrons. The number of ether oxygens (including phenoxy) is 1. The van der Waals surface area contributed by atoms with Crippen LogP contribution in [0.1, 0.15) is 0 Å². The quantitative estimate of drug-likeness (QED) is 0.396. The van der Waals surface area contributed by atoms with Crippen molar-refractivity contribution in [2.75, 3.05) is 12.4 Å². The molecular weight excluding hydrogens is 206 g/mol. The summed E-state index contributed by atoms with van der Waals surface area (Å²) < 4.78 is 4.97. The van der Waals surface area contributed by atoms with Gasteiger partial charge < -0.3 is 10.1 Å². The Kier molecular flexibility index (Phi) is 3.55. The van der Waals surface area contributed by atoms with E-state index in [-0.39, 0.29) is 0 Å². The summed E-state index contributed by atoms with van der Waals surface area (Å²) in [5.41, 5.74) is 2.49. The molecule has 0 spiro atoms. The monoisotopic (exact) mass is 215 g/mol. The molecule has 5 nitrogen and oxygen atoms in total. The van der Waals surface area contributed by atoms with Crippen LogP contribution in [0.4, 0.5) is 10.5 Å². The number of urea groups is 1. The van der Waals surface area contributed by atoms with E-state index in [1.165, 1.54) is 7.11 Å². The molecule has 0 aromatic heterocycles. The van der Waals surface area contributed by atoms with Crippen molar-refractivity contribution >= 4 is 23.3 Å². The van der Waals surface area contributed by atoms with Crippen LogP contribution in [0.25, 0.3) is 0 Å². The average Bonchev–Trinajstić information content (AvgIpc) is 2.20. The van der Waals surface area contributed by atoms with Crippen molar-refractivity contribution < 1.29 is 9.53 Å². The summed E-state index contributed by atoms with van der Waals surface area (Å²) in [6, 6.07) is 4.35. The Hall–Kier alpha value is -1.46. The van der Waals surface area contributed by atoms with E-state index in [1.54, 1.807) is 18.2 Å². The molecule has 0 fully saturated rings. The normalized spacial score (nSPS) is 9.36. The number of benzene rings is 1. The lowest BCUT2D eigenvalue weighted by Gasteiger charge is -2.07. The van der Waals surface area contributed by atoms with Gasteiger partial charge in [0, 0.05) is 11.8 Å².